The summed E-state index contributed by atoms with van der Waals surface area (Å²) in [7, 11) is 1.64. The third kappa shape index (κ3) is 3.46. The summed E-state index contributed by atoms with van der Waals surface area (Å²) in [4.78, 5) is 0. The van der Waals surface area contributed by atoms with Crippen molar-refractivity contribution >= 4 is 11.6 Å². The molecule has 0 aliphatic rings. The highest BCUT2D eigenvalue weighted by Gasteiger charge is 2.21. The molecule has 1 aromatic heterocycles. The van der Waals surface area contributed by atoms with Crippen LogP contribution in [0.2, 0.25) is 5.02 Å². The Morgan fingerprint density at radius 1 is 1.44 bits per heavy atom. The van der Waals surface area contributed by atoms with Gasteiger partial charge in [0, 0.05) is 26.0 Å². The van der Waals surface area contributed by atoms with Gasteiger partial charge in [0.1, 0.15) is 0 Å². The average molecular weight is 275 g/mol. The minimum atomic E-state index is -0.464. The summed E-state index contributed by atoms with van der Waals surface area (Å²) >= 11 is 6.31. The van der Waals surface area contributed by atoms with Gasteiger partial charge in [-0.1, -0.05) is 25.4 Å². The van der Waals surface area contributed by atoms with Crippen LogP contribution in [0.3, 0.4) is 0 Å². The number of ether oxygens (including phenoxy) is 1. The maximum atomic E-state index is 10.1. The fourth-order valence-electron chi connectivity index (χ4n) is 1.99. The Hall–Kier alpha value is -0.580. The number of halogens is 1. The Bertz CT molecular complexity index is 379. The first-order chi connectivity index (χ1) is 8.54. The van der Waals surface area contributed by atoms with Crippen molar-refractivity contribution in [2.75, 3.05) is 13.7 Å². The second kappa shape index (κ2) is 7.12. The molecule has 0 radical (unpaired) electrons. The van der Waals surface area contributed by atoms with Crippen LogP contribution in [0.1, 0.15) is 32.2 Å². The molecule has 0 saturated carbocycles. The zero-order valence-corrected chi connectivity index (χ0v) is 12.4. The zero-order valence-electron chi connectivity index (χ0n) is 11.6. The number of nitrogens with zero attached hydrogens (tertiary/aromatic N) is 2. The average Bonchev–Trinajstić information content (AvgIpc) is 2.66. The van der Waals surface area contributed by atoms with E-state index in [0.29, 0.717) is 18.1 Å². The lowest BCUT2D eigenvalue weighted by molar-refractivity contribution is 0.0563. The number of aromatic nitrogens is 2. The van der Waals surface area contributed by atoms with Crippen molar-refractivity contribution in [1.29, 1.82) is 0 Å². The van der Waals surface area contributed by atoms with Crippen LogP contribution < -0.4 is 0 Å². The molecule has 0 fully saturated rings. The molecular formula is C13H23ClN2O2. The van der Waals surface area contributed by atoms with Gasteiger partial charge in [-0.15, -0.1) is 0 Å². The Morgan fingerprint density at radius 3 is 2.61 bits per heavy atom. The van der Waals surface area contributed by atoms with E-state index in [1.165, 1.54) is 0 Å². The van der Waals surface area contributed by atoms with E-state index in [1.54, 1.807) is 7.11 Å². The van der Waals surface area contributed by atoms with Crippen molar-refractivity contribution in [3.05, 3.63) is 16.4 Å². The van der Waals surface area contributed by atoms with Gasteiger partial charge in [0.2, 0.25) is 0 Å². The molecule has 1 heterocycles. The predicted octanol–water partition coefficient (Wildman–Crippen LogP) is 2.30. The molecular weight excluding hydrogens is 252 g/mol. The van der Waals surface area contributed by atoms with Crippen molar-refractivity contribution in [3.8, 4) is 0 Å². The lowest BCUT2D eigenvalue weighted by atomic mass is 10.0. The van der Waals surface area contributed by atoms with Crippen LogP contribution in [-0.4, -0.2) is 34.7 Å². The smallest absolute Gasteiger partial charge is 0.0850 e. The first kappa shape index (κ1) is 15.5. The van der Waals surface area contributed by atoms with Gasteiger partial charge >= 0.3 is 0 Å². The standard InChI is InChI=1S/C13H23ClN2O2/c1-5-10-13(14)11(16(6-2)15-10)7-12(17)9(3)8-18-4/h9,12,17H,5-8H2,1-4H3. The zero-order chi connectivity index (χ0) is 13.7. The molecule has 4 nitrogen and oxygen atoms in total. The Morgan fingerprint density at radius 2 is 2.11 bits per heavy atom. The van der Waals surface area contributed by atoms with Crippen LogP contribution >= 0.6 is 11.6 Å². The third-order valence-electron chi connectivity index (χ3n) is 3.18. The Labute approximate surface area is 114 Å². The van der Waals surface area contributed by atoms with Crippen molar-refractivity contribution in [2.24, 2.45) is 5.92 Å². The van der Waals surface area contributed by atoms with E-state index < -0.39 is 6.10 Å². The van der Waals surface area contributed by atoms with E-state index >= 15 is 0 Å². The first-order valence-corrected chi connectivity index (χ1v) is 6.83. The Kier molecular flexibility index (Phi) is 6.12. The number of aliphatic hydroxyl groups is 1. The number of methoxy groups -OCH3 is 1. The second-order valence-electron chi connectivity index (χ2n) is 4.58. The highest BCUT2D eigenvalue weighted by atomic mass is 35.5. The SMILES string of the molecule is CCc1nn(CC)c(CC(O)C(C)COC)c1Cl. The van der Waals surface area contributed by atoms with Gasteiger partial charge < -0.3 is 9.84 Å². The summed E-state index contributed by atoms with van der Waals surface area (Å²) in [5.41, 5.74) is 1.83. The minimum absolute atomic E-state index is 0.0800. The van der Waals surface area contributed by atoms with Gasteiger partial charge in [0.05, 0.1) is 29.1 Å². The van der Waals surface area contributed by atoms with Crippen molar-refractivity contribution in [1.82, 2.24) is 9.78 Å². The minimum Gasteiger partial charge on any atom is -0.392 e. The van der Waals surface area contributed by atoms with Crippen LogP contribution in [0.15, 0.2) is 0 Å². The number of hydrogen-bond donors (Lipinski definition) is 1. The number of aryl methyl sites for hydroxylation is 2. The molecule has 0 aliphatic heterocycles. The summed E-state index contributed by atoms with van der Waals surface area (Å²) in [5, 5.41) is 15.3. The van der Waals surface area contributed by atoms with E-state index in [2.05, 4.69) is 5.10 Å². The summed E-state index contributed by atoms with van der Waals surface area (Å²) in [6, 6.07) is 0. The van der Waals surface area contributed by atoms with E-state index in [0.717, 1.165) is 24.4 Å². The van der Waals surface area contributed by atoms with Gasteiger partial charge in [-0.25, -0.2) is 0 Å². The predicted molar refractivity (Wildman–Crippen MR) is 73.0 cm³/mol. The third-order valence-corrected chi connectivity index (χ3v) is 3.62. The van der Waals surface area contributed by atoms with Crippen LogP contribution in [0.4, 0.5) is 0 Å². The largest absolute Gasteiger partial charge is 0.392 e. The normalized spacial score (nSPS) is 14.8. The molecule has 0 amide bonds. The van der Waals surface area contributed by atoms with Crippen molar-refractivity contribution in [3.63, 3.8) is 0 Å². The van der Waals surface area contributed by atoms with Gasteiger partial charge in [0.15, 0.2) is 0 Å². The Balaban J connectivity index is 2.85. The molecule has 2 unspecified atom stereocenters. The molecule has 1 rings (SSSR count). The van der Waals surface area contributed by atoms with Crippen LogP contribution in [0.25, 0.3) is 0 Å². The van der Waals surface area contributed by atoms with E-state index in [-0.39, 0.29) is 5.92 Å². The van der Waals surface area contributed by atoms with E-state index in [1.807, 2.05) is 25.5 Å². The highest BCUT2D eigenvalue weighted by molar-refractivity contribution is 6.31. The van der Waals surface area contributed by atoms with Crippen LogP contribution in [-0.2, 0) is 24.1 Å². The molecule has 104 valence electrons. The van der Waals surface area contributed by atoms with Crippen molar-refractivity contribution in [2.45, 2.75) is 46.3 Å². The molecule has 1 aromatic rings. The van der Waals surface area contributed by atoms with Gasteiger partial charge in [-0.2, -0.15) is 5.10 Å². The fraction of sp³-hybridized carbons (Fsp3) is 0.769. The molecule has 0 bridgehead atoms. The summed E-state index contributed by atoms with van der Waals surface area (Å²) in [6.07, 6.45) is 0.862. The maximum absolute atomic E-state index is 10.1. The fourth-order valence-corrected chi connectivity index (χ4v) is 2.33. The molecule has 0 aliphatic carbocycles. The number of hydrogen-bond acceptors (Lipinski definition) is 3. The molecule has 1 N–H and O–H groups in total. The number of aliphatic hydroxyl groups excluding tert-OH is 1. The molecule has 0 saturated heterocycles. The van der Waals surface area contributed by atoms with Gasteiger partial charge in [-0.3, -0.25) is 4.68 Å². The molecule has 5 heteroatoms. The number of rotatable bonds is 7. The van der Waals surface area contributed by atoms with E-state index in [9.17, 15) is 5.11 Å². The lowest BCUT2D eigenvalue weighted by Gasteiger charge is -2.18. The van der Waals surface area contributed by atoms with E-state index in [4.69, 9.17) is 16.3 Å². The summed E-state index contributed by atoms with van der Waals surface area (Å²) < 4.78 is 6.94. The molecule has 18 heavy (non-hydrogen) atoms. The maximum Gasteiger partial charge on any atom is 0.0850 e. The quantitative estimate of drug-likeness (QED) is 0.830. The van der Waals surface area contributed by atoms with Crippen molar-refractivity contribution < 1.29 is 9.84 Å². The summed E-state index contributed by atoms with van der Waals surface area (Å²) in [6.45, 7) is 7.33. The van der Waals surface area contributed by atoms with Gasteiger partial charge in [0.25, 0.3) is 0 Å². The van der Waals surface area contributed by atoms with Gasteiger partial charge in [-0.05, 0) is 13.3 Å². The first-order valence-electron chi connectivity index (χ1n) is 6.46. The second-order valence-corrected chi connectivity index (χ2v) is 4.96. The molecule has 2 atom stereocenters. The van der Waals surface area contributed by atoms with Crippen LogP contribution in [0, 0.1) is 5.92 Å². The molecule has 0 spiro atoms. The summed E-state index contributed by atoms with van der Waals surface area (Å²) in [5.74, 6) is 0.0800. The monoisotopic (exact) mass is 274 g/mol. The lowest BCUT2D eigenvalue weighted by Crippen LogP contribution is -2.25. The topological polar surface area (TPSA) is 47.3 Å². The molecule has 0 aromatic carbocycles. The van der Waals surface area contributed by atoms with Crippen LogP contribution in [0.5, 0.6) is 0 Å². The highest BCUT2D eigenvalue weighted by Crippen LogP contribution is 2.24.